The van der Waals surface area contributed by atoms with Crippen LogP contribution in [0.25, 0.3) is 33.8 Å². The molecular formula is C81H112N12O18. The number of hydrogen-bond donors (Lipinski definition) is 6. The molecule has 0 aliphatic rings. The summed E-state index contributed by atoms with van der Waals surface area (Å²) >= 11 is 0. The zero-order valence-corrected chi connectivity index (χ0v) is 67.3. The first-order valence-electron chi connectivity index (χ1n) is 37.2. The second-order valence-corrected chi connectivity index (χ2v) is 26.7. The maximum atomic E-state index is 13.6. The van der Waals surface area contributed by atoms with Crippen LogP contribution in [-0.2, 0) is 62.5 Å². The monoisotopic (exact) mass is 1540 g/mol. The molecule has 4 atom stereocenters. The molecule has 604 valence electrons. The van der Waals surface area contributed by atoms with Crippen molar-refractivity contribution in [3.63, 3.8) is 0 Å². The lowest BCUT2D eigenvalue weighted by Gasteiger charge is -2.21. The lowest BCUT2D eigenvalue weighted by atomic mass is 10.0. The minimum absolute atomic E-state index is 0.0459. The number of methoxy groups -OCH3 is 9. The normalized spacial score (nSPS) is 11.9. The summed E-state index contributed by atoms with van der Waals surface area (Å²) in [6.45, 7) is 18.8. The molecular weight excluding hydrogens is 1430 g/mol. The lowest BCUT2D eigenvalue weighted by molar-refractivity contribution is -0.141. The van der Waals surface area contributed by atoms with Crippen molar-refractivity contribution in [1.82, 2.24) is 61.2 Å². The second-order valence-electron chi connectivity index (χ2n) is 26.7. The third-order valence-electron chi connectivity index (χ3n) is 18.3. The van der Waals surface area contributed by atoms with Crippen LogP contribution < -0.4 is 60.3 Å². The van der Waals surface area contributed by atoms with Crippen LogP contribution in [-0.4, -0.2) is 184 Å². The first-order valence-corrected chi connectivity index (χ1v) is 37.2. The highest BCUT2D eigenvalue weighted by Crippen LogP contribution is 2.42. The molecule has 0 saturated heterocycles. The molecule has 6 amide bonds. The quantitative estimate of drug-likeness (QED) is 0.0154. The van der Waals surface area contributed by atoms with Crippen molar-refractivity contribution in [2.45, 2.75) is 157 Å². The van der Waals surface area contributed by atoms with Gasteiger partial charge < -0.3 is 74.5 Å². The Bertz CT molecular complexity index is 4120. The summed E-state index contributed by atoms with van der Waals surface area (Å²) in [5, 5.41) is 29.8. The van der Waals surface area contributed by atoms with Crippen molar-refractivity contribution < 1.29 is 85.8 Å². The van der Waals surface area contributed by atoms with Crippen molar-refractivity contribution in [2.75, 3.05) is 83.6 Å². The Morgan fingerprint density at radius 2 is 0.739 bits per heavy atom. The highest BCUT2D eigenvalue weighted by Gasteiger charge is 2.32. The number of hydrogen-bond acceptors (Lipinski definition) is 21. The molecule has 7 rings (SSSR count). The van der Waals surface area contributed by atoms with Crippen LogP contribution >= 0.6 is 0 Å². The molecule has 3 heterocycles. The number of carbonyl (C=O) groups excluding carboxylic acids is 9. The Hall–Kier alpha value is -11.5. The smallest absolute Gasteiger partial charge is 0.325 e. The molecule has 4 aromatic carbocycles. The third kappa shape index (κ3) is 26.1. The predicted octanol–water partition coefficient (Wildman–Crippen LogP) is 9.80. The van der Waals surface area contributed by atoms with Crippen molar-refractivity contribution in [2.24, 2.45) is 17.8 Å². The SMILES string of the molecule is CCC(CC)Cn1nc(C(=O)N[C@@H](Cc2ccccc2)C(=O)NCC(=O)OC)cc1-c1c(OC)cccc1OC.CCCC[C@H](NC(=O)c1cc(-c2c(OC)cccc2OC)n(C(C)C(C)C)n1)C(=O)NCC(=O)OC.CCCC[C@H](NC(=O)c1cc(-c2c(OC)cccc2OC)n(CC(C)C)n1)C(=O)NCC(=O)OC. The summed E-state index contributed by atoms with van der Waals surface area (Å²) < 4.78 is 52.7. The minimum Gasteiger partial charge on any atom is -0.496 e. The van der Waals surface area contributed by atoms with Gasteiger partial charge in [-0.25, -0.2) is 0 Å². The van der Waals surface area contributed by atoms with Crippen molar-refractivity contribution >= 4 is 53.4 Å². The number of aromatic nitrogens is 6. The highest BCUT2D eigenvalue weighted by atomic mass is 16.5. The number of unbranched alkanes of at least 4 members (excludes halogenated alkanes) is 2. The van der Waals surface area contributed by atoms with Gasteiger partial charge in [-0.1, -0.05) is 142 Å². The van der Waals surface area contributed by atoms with E-state index in [2.05, 4.69) is 103 Å². The molecule has 0 bridgehead atoms. The van der Waals surface area contributed by atoms with Gasteiger partial charge in [-0.05, 0) is 97.7 Å². The molecule has 7 aromatic rings. The molecule has 30 nitrogen and oxygen atoms in total. The zero-order valence-electron chi connectivity index (χ0n) is 67.3. The standard InChI is InChI=1S/C30H38N4O6.C26H38N4O6.C25H36N4O6/c1-6-20(7-2)19-34-24(28-25(38-3)14-11-15-26(28)39-4)17-23(33-34)30(37)32-22(16-21-12-9-8-10-13-21)29(36)31-18-27(35)40-5;1-8-9-11-18(25(32)27-15-23(31)36-7)28-26(33)19-14-20(30(29-19)17(4)16(2)3)24-21(34-5)12-10-13-22(24)35-6;1-7-8-10-17(24(31)26-14-22(30)35-6)27-25(32)18-13-19(29(28-18)15-16(2)3)23-20(33-4)11-9-12-21(23)34-5/h8-15,17,20,22H,6-7,16,18-19H2,1-5H3,(H,31,36)(H,32,37);10,12-14,16-18H,8-9,11,15H2,1-7H3,(H,27,32)(H,28,33);9,11-13,16-17H,7-8,10,14-15H2,1-6H3,(H,26,31)(H,27,32)/t22-;17?,18-;17-/m000/s1. The summed E-state index contributed by atoms with van der Waals surface area (Å²) in [4.78, 5) is 113. The number of benzene rings is 4. The first kappa shape index (κ1) is 90.2. The molecule has 1 unspecified atom stereocenters. The zero-order chi connectivity index (χ0) is 81.9. The number of nitrogens with zero attached hydrogens (tertiary/aromatic N) is 6. The van der Waals surface area contributed by atoms with Gasteiger partial charge in [0, 0.05) is 19.5 Å². The summed E-state index contributed by atoms with van der Waals surface area (Å²) in [5.74, 6) is -0.313. The van der Waals surface area contributed by atoms with Crippen LogP contribution in [0.2, 0.25) is 0 Å². The van der Waals surface area contributed by atoms with E-state index < -0.39 is 71.5 Å². The highest BCUT2D eigenvalue weighted by molar-refractivity contribution is 6.00. The third-order valence-corrected chi connectivity index (χ3v) is 18.3. The van der Waals surface area contributed by atoms with Gasteiger partial charge in [-0.15, -0.1) is 0 Å². The maximum absolute atomic E-state index is 13.6. The molecule has 30 heteroatoms. The number of amides is 6. The topological polar surface area (TPSA) is 362 Å². The Kier molecular flexibility index (Phi) is 37.5. The van der Waals surface area contributed by atoms with Crippen LogP contribution in [0.1, 0.15) is 157 Å². The minimum atomic E-state index is -0.951. The van der Waals surface area contributed by atoms with Gasteiger partial charge in [-0.3, -0.25) is 57.2 Å². The van der Waals surface area contributed by atoms with Crippen LogP contribution in [0.4, 0.5) is 0 Å². The van der Waals surface area contributed by atoms with E-state index in [1.807, 2.05) is 106 Å². The average Bonchev–Trinajstić information content (AvgIpc) is 1.67. The molecule has 0 spiro atoms. The Labute approximate surface area is 650 Å². The van der Waals surface area contributed by atoms with Crippen molar-refractivity contribution in [1.29, 1.82) is 0 Å². The van der Waals surface area contributed by atoms with Crippen LogP contribution in [0.15, 0.2) is 103 Å². The Balaban J connectivity index is 0.000000299. The summed E-state index contributed by atoms with van der Waals surface area (Å²) in [6, 6.07) is 28.1. The van der Waals surface area contributed by atoms with Crippen molar-refractivity contribution in [3.8, 4) is 68.3 Å². The molecule has 0 saturated carbocycles. The molecule has 0 fully saturated rings. The van der Waals surface area contributed by atoms with Crippen molar-refractivity contribution in [3.05, 3.63) is 126 Å². The molecule has 6 N–H and O–H groups in total. The lowest BCUT2D eigenvalue weighted by Crippen LogP contribution is -2.49. The Morgan fingerprint density at radius 1 is 0.405 bits per heavy atom. The van der Waals surface area contributed by atoms with E-state index in [-0.39, 0.29) is 61.0 Å². The molecule has 3 aromatic heterocycles. The number of carbonyl (C=O) groups is 9. The van der Waals surface area contributed by atoms with Crippen LogP contribution in [0, 0.1) is 17.8 Å². The van der Waals surface area contributed by atoms with E-state index in [1.54, 1.807) is 74.9 Å². The first-order chi connectivity index (χ1) is 53.3. The summed E-state index contributed by atoms with van der Waals surface area (Å²) in [6.07, 6.45) is 6.09. The van der Waals surface area contributed by atoms with Crippen LogP contribution in [0.3, 0.4) is 0 Å². The van der Waals surface area contributed by atoms with Gasteiger partial charge in [0.15, 0.2) is 17.1 Å². The average molecular weight is 1540 g/mol. The van der Waals surface area contributed by atoms with E-state index in [0.717, 1.165) is 44.1 Å². The van der Waals surface area contributed by atoms with Gasteiger partial charge in [0.05, 0.1) is 104 Å². The molecule has 0 aliphatic heterocycles. The number of rotatable bonds is 40. The van der Waals surface area contributed by atoms with Gasteiger partial charge in [-0.2, -0.15) is 15.3 Å². The number of nitrogens with one attached hydrogen (secondary N) is 6. The van der Waals surface area contributed by atoms with E-state index in [9.17, 15) is 43.2 Å². The van der Waals surface area contributed by atoms with E-state index in [1.165, 1.54) is 21.3 Å². The largest absolute Gasteiger partial charge is 0.496 e. The number of ether oxygens (including phenoxy) is 9. The predicted molar refractivity (Wildman–Crippen MR) is 419 cm³/mol. The van der Waals surface area contributed by atoms with Gasteiger partial charge in [0.2, 0.25) is 17.7 Å². The fraction of sp³-hybridized carbons (Fsp3) is 0.481. The molecule has 0 radical (unpaired) electrons. The summed E-state index contributed by atoms with van der Waals surface area (Å²) in [7, 11) is 13.2. The van der Waals surface area contributed by atoms with E-state index >= 15 is 0 Å². The van der Waals surface area contributed by atoms with Gasteiger partial charge >= 0.3 is 17.9 Å². The fourth-order valence-electron chi connectivity index (χ4n) is 11.6. The van der Waals surface area contributed by atoms with E-state index in [4.69, 9.17) is 28.4 Å². The number of esters is 3. The van der Waals surface area contributed by atoms with Gasteiger partial charge in [0.25, 0.3) is 17.7 Å². The fourth-order valence-corrected chi connectivity index (χ4v) is 11.6. The maximum Gasteiger partial charge on any atom is 0.325 e. The van der Waals surface area contributed by atoms with Gasteiger partial charge in [0.1, 0.15) is 72.3 Å². The Morgan fingerprint density at radius 3 is 1.07 bits per heavy atom. The summed E-state index contributed by atoms with van der Waals surface area (Å²) in [5.41, 5.74) is 5.36. The molecule has 111 heavy (non-hydrogen) atoms. The second kappa shape index (κ2) is 46.1. The molecule has 0 aliphatic carbocycles. The van der Waals surface area contributed by atoms with Crippen LogP contribution in [0.5, 0.6) is 34.5 Å². The van der Waals surface area contributed by atoms with E-state index in [0.29, 0.717) is 100 Å².